The van der Waals surface area contributed by atoms with Crippen molar-refractivity contribution < 1.29 is 9.18 Å². The number of halogens is 2. The molecule has 0 spiro atoms. The van der Waals surface area contributed by atoms with Gasteiger partial charge in [0.1, 0.15) is 11.5 Å². The normalized spacial score (nSPS) is 14.3. The molecule has 0 aliphatic carbocycles. The summed E-state index contributed by atoms with van der Waals surface area (Å²) in [6, 6.07) is 4.71. The average molecular weight is 395 g/mol. The molecule has 3 N–H and O–H groups in total. The van der Waals surface area contributed by atoms with E-state index in [0.29, 0.717) is 45.7 Å². The van der Waals surface area contributed by atoms with Crippen molar-refractivity contribution in [2.45, 2.75) is 13.0 Å². The molecule has 3 heterocycles. The van der Waals surface area contributed by atoms with E-state index in [2.05, 4.69) is 25.9 Å². The Morgan fingerprint density at radius 1 is 1.43 bits per heavy atom. The maximum Gasteiger partial charge on any atom is 0.270 e. The van der Waals surface area contributed by atoms with Crippen molar-refractivity contribution in [1.29, 1.82) is 0 Å². The van der Waals surface area contributed by atoms with Crippen molar-refractivity contribution in [3.8, 4) is 0 Å². The molecule has 0 unspecified atom stereocenters. The summed E-state index contributed by atoms with van der Waals surface area (Å²) in [4.78, 5) is 22.7. The fraction of sp³-hybridized carbons (Fsp3) is 0.200. The number of aromatic nitrogens is 2. The number of carbonyl (C=O) groups is 1. The van der Waals surface area contributed by atoms with Gasteiger partial charge in [-0.1, -0.05) is 15.9 Å². The van der Waals surface area contributed by atoms with Gasteiger partial charge in [0.05, 0.1) is 17.8 Å². The Kier molecular flexibility index (Phi) is 3.38. The number of nitrogens with one attached hydrogen (secondary N) is 1. The Balaban J connectivity index is 1.66. The van der Waals surface area contributed by atoms with Crippen LogP contribution < -0.4 is 5.73 Å². The smallest absolute Gasteiger partial charge is 0.270 e. The largest absolute Gasteiger partial charge is 0.375 e. The highest BCUT2D eigenvalue weighted by molar-refractivity contribution is 9.10. The van der Waals surface area contributed by atoms with E-state index in [4.69, 9.17) is 5.73 Å². The van der Waals surface area contributed by atoms with Crippen LogP contribution in [0, 0.1) is 5.82 Å². The minimum absolute atomic E-state index is 0.144. The first-order valence-corrected chi connectivity index (χ1v) is 8.63. The van der Waals surface area contributed by atoms with Gasteiger partial charge in [0.25, 0.3) is 5.91 Å². The van der Waals surface area contributed by atoms with Crippen LogP contribution >= 0.6 is 27.3 Å². The van der Waals surface area contributed by atoms with Gasteiger partial charge in [0.15, 0.2) is 5.13 Å². The SMILES string of the molecule is Nc1nc2c(s1)CN(C(=O)c1cc3c(F)cc(Br)cc3[nH]1)CC2. The summed E-state index contributed by atoms with van der Waals surface area (Å²) in [5.41, 5.74) is 7.68. The number of aromatic amines is 1. The number of thiazole rings is 1. The van der Waals surface area contributed by atoms with Gasteiger partial charge in [-0.25, -0.2) is 9.37 Å². The first kappa shape index (κ1) is 14.6. The van der Waals surface area contributed by atoms with Crippen molar-refractivity contribution in [2.24, 2.45) is 0 Å². The number of rotatable bonds is 1. The molecule has 0 bridgehead atoms. The number of nitrogens with zero attached hydrogens (tertiary/aromatic N) is 2. The minimum atomic E-state index is -0.360. The van der Waals surface area contributed by atoms with Crippen LogP contribution in [0.5, 0.6) is 0 Å². The zero-order chi connectivity index (χ0) is 16.1. The molecule has 0 fully saturated rings. The van der Waals surface area contributed by atoms with Crippen molar-refractivity contribution in [2.75, 3.05) is 12.3 Å². The number of H-pyrrole nitrogens is 1. The topological polar surface area (TPSA) is 75.0 Å². The molecule has 23 heavy (non-hydrogen) atoms. The van der Waals surface area contributed by atoms with Gasteiger partial charge in [-0.05, 0) is 18.2 Å². The molecule has 1 aromatic carbocycles. The van der Waals surface area contributed by atoms with Gasteiger partial charge in [0.2, 0.25) is 0 Å². The third kappa shape index (κ3) is 2.51. The molecule has 1 aliphatic heterocycles. The number of nitrogen functional groups attached to an aromatic ring is 1. The summed E-state index contributed by atoms with van der Waals surface area (Å²) in [6.45, 7) is 1.07. The standard InChI is InChI=1S/C15H12BrFN4OS/c16-7-3-9(17)8-5-12(19-11(8)4-7)14(22)21-2-1-10-13(6-21)23-15(18)20-10/h3-5,19H,1-2,6H2,(H2,18,20). The average Bonchev–Trinajstić information content (AvgIpc) is 3.07. The number of hydrogen-bond acceptors (Lipinski definition) is 4. The van der Waals surface area contributed by atoms with E-state index < -0.39 is 0 Å². The van der Waals surface area contributed by atoms with E-state index in [0.717, 1.165) is 10.6 Å². The molecule has 1 aliphatic rings. The molecule has 0 atom stereocenters. The van der Waals surface area contributed by atoms with Crippen LogP contribution in [0.3, 0.4) is 0 Å². The highest BCUT2D eigenvalue weighted by Crippen LogP contribution is 2.28. The highest BCUT2D eigenvalue weighted by Gasteiger charge is 2.25. The van der Waals surface area contributed by atoms with Crippen molar-refractivity contribution in [1.82, 2.24) is 14.9 Å². The monoisotopic (exact) mass is 394 g/mol. The molecule has 8 heteroatoms. The number of benzene rings is 1. The van der Waals surface area contributed by atoms with Crippen LogP contribution in [0.15, 0.2) is 22.7 Å². The molecule has 5 nitrogen and oxygen atoms in total. The summed E-state index contributed by atoms with van der Waals surface area (Å²) >= 11 is 4.67. The van der Waals surface area contributed by atoms with E-state index >= 15 is 0 Å². The molecule has 2 aromatic heterocycles. The Morgan fingerprint density at radius 3 is 3.09 bits per heavy atom. The Labute approximate surface area is 143 Å². The molecule has 1 amide bonds. The number of nitrogens with two attached hydrogens (primary N) is 1. The molecular formula is C15H12BrFN4OS. The highest BCUT2D eigenvalue weighted by atomic mass is 79.9. The van der Waals surface area contributed by atoms with Gasteiger partial charge in [-0.15, -0.1) is 11.3 Å². The molecule has 118 valence electrons. The molecule has 0 radical (unpaired) electrons. The zero-order valence-electron chi connectivity index (χ0n) is 11.9. The van der Waals surface area contributed by atoms with Crippen molar-refractivity contribution in [3.05, 3.63) is 44.8 Å². The lowest BCUT2D eigenvalue weighted by atomic mass is 10.1. The van der Waals surface area contributed by atoms with Crippen molar-refractivity contribution >= 4 is 49.2 Å². The van der Waals surface area contributed by atoms with Crippen LogP contribution in [-0.2, 0) is 13.0 Å². The Hall–Kier alpha value is -1.93. The summed E-state index contributed by atoms with van der Waals surface area (Å²) in [5.74, 6) is -0.504. The van der Waals surface area contributed by atoms with Crippen molar-refractivity contribution in [3.63, 3.8) is 0 Å². The maximum absolute atomic E-state index is 14.0. The van der Waals surface area contributed by atoms with E-state index in [9.17, 15) is 9.18 Å². The first-order chi connectivity index (χ1) is 11.0. The fourth-order valence-electron chi connectivity index (χ4n) is 2.83. The van der Waals surface area contributed by atoms with E-state index in [1.54, 1.807) is 17.0 Å². The number of carbonyl (C=O) groups excluding carboxylic acids is 1. The number of fused-ring (bicyclic) bond motifs is 2. The van der Waals surface area contributed by atoms with Crippen LogP contribution in [0.4, 0.5) is 9.52 Å². The third-order valence-electron chi connectivity index (χ3n) is 3.92. The summed E-state index contributed by atoms with van der Waals surface area (Å²) < 4.78 is 14.6. The predicted octanol–water partition coefficient (Wildman–Crippen LogP) is 3.31. The molecule has 0 saturated carbocycles. The molecular weight excluding hydrogens is 383 g/mol. The van der Waals surface area contributed by atoms with E-state index in [1.165, 1.54) is 17.4 Å². The number of hydrogen-bond donors (Lipinski definition) is 2. The van der Waals surface area contributed by atoms with Gasteiger partial charge in [-0.3, -0.25) is 4.79 Å². The second-order valence-electron chi connectivity index (χ2n) is 5.43. The van der Waals surface area contributed by atoms with Crippen LogP contribution in [-0.4, -0.2) is 27.3 Å². The fourth-order valence-corrected chi connectivity index (χ4v) is 4.16. The Morgan fingerprint density at radius 2 is 2.26 bits per heavy atom. The van der Waals surface area contributed by atoms with Crippen LogP contribution in [0.2, 0.25) is 0 Å². The van der Waals surface area contributed by atoms with Gasteiger partial charge >= 0.3 is 0 Å². The predicted molar refractivity (Wildman–Crippen MR) is 90.9 cm³/mol. The lowest BCUT2D eigenvalue weighted by Gasteiger charge is -2.25. The van der Waals surface area contributed by atoms with Gasteiger partial charge < -0.3 is 15.6 Å². The molecule has 4 rings (SSSR count). The van der Waals surface area contributed by atoms with Gasteiger partial charge in [0, 0.05) is 27.7 Å². The second-order valence-corrected chi connectivity index (χ2v) is 7.46. The number of anilines is 1. The third-order valence-corrected chi connectivity index (χ3v) is 5.29. The summed E-state index contributed by atoms with van der Waals surface area (Å²) in [6.07, 6.45) is 0.689. The second kappa shape index (κ2) is 5.31. The van der Waals surface area contributed by atoms with Crippen LogP contribution in [0.25, 0.3) is 10.9 Å². The first-order valence-electron chi connectivity index (χ1n) is 7.02. The quantitative estimate of drug-likeness (QED) is 0.664. The zero-order valence-corrected chi connectivity index (χ0v) is 14.3. The van der Waals surface area contributed by atoms with Gasteiger partial charge in [-0.2, -0.15) is 0 Å². The minimum Gasteiger partial charge on any atom is -0.375 e. The van der Waals surface area contributed by atoms with E-state index in [-0.39, 0.29) is 11.7 Å². The number of amides is 1. The Bertz CT molecular complexity index is 935. The van der Waals surface area contributed by atoms with E-state index in [1.807, 2.05) is 0 Å². The lowest BCUT2D eigenvalue weighted by molar-refractivity contribution is 0.0731. The molecule has 0 saturated heterocycles. The summed E-state index contributed by atoms with van der Waals surface area (Å²) in [7, 11) is 0. The lowest BCUT2D eigenvalue weighted by Crippen LogP contribution is -2.35. The molecule has 3 aromatic rings. The maximum atomic E-state index is 14.0. The summed E-state index contributed by atoms with van der Waals surface area (Å²) in [5, 5.41) is 0.943. The van der Waals surface area contributed by atoms with Crippen LogP contribution in [0.1, 0.15) is 21.1 Å².